The average molecular weight is 305 g/mol. The molecule has 0 fully saturated rings. The number of halogens is 1. The van der Waals surface area contributed by atoms with Crippen LogP contribution in [0.3, 0.4) is 0 Å². The van der Waals surface area contributed by atoms with Crippen molar-refractivity contribution in [3.63, 3.8) is 0 Å². The second-order valence-corrected chi connectivity index (χ2v) is 4.98. The third kappa shape index (κ3) is 2.62. The summed E-state index contributed by atoms with van der Waals surface area (Å²) in [5.41, 5.74) is 2.29. The molecule has 112 valence electrons. The topological polar surface area (TPSA) is 55.1 Å². The predicted octanol–water partition coefficient (Wildman–Crippen LogP) is 3.67. The summed E-state index contributed by atoms with van der Waals surface area (Å²) in [6.07, 6.45) is 3.41. The van der Waals surface area contributed by atoms with E-state index in [9.17, 15) is 4.39 Å². The normalized spacial score (nSPS) is 10.8. The highest BCUT2D eigenvalue weighted by atomic mass is 19.1. The summed E-state index contributed by atoms with van der Waals surface area (Å²) in [6.45, 7) is 0. The first-order chi connectivity index (χ1) is 11.3. The van der Waals surface area contributed by atoms with E-state index in [1.54, 1.807) is 29.0 Å². The van der Waals surface area contributed by atoms with E-state index in [2.05, 4.69) is 20.4 Å². The Morgan fingerprint density at radius 1 is 0.913 bits per heavy atom. The molecule has 0 atom stereocenters. The highest BCUT2D eigenvalue weighted by molar-refractivity contribution is 5.63. The van der Waals surface area contributed by atoms with Crippen LogP contribution in [0.1, 0.15) is 0 Å². The van der Waals surface area contributed by atoms with Crippen LogP contribution in [0.25, 0.3) is 16.9 Å². The molecule has 0 saturated heterocycles. The summed E-state index contributed by atoms with van der Waals surface area (Å²) < 4.78 is 14.8. The van der Waals surface area contributed by atoms with E-state index in [0.29, 0.717) is 17.3 Å². The lowest BCUT2D eigenvalue weighted by atomic mass is 10.1. The Bertz CT molecular complexity index is 948. The second kappa shape index (κ2) is 5.49. The Balaban J connectivity index is 1.75. The van der Waals surface area contributed by atoms with Gasteiger partial charge in [0.15, 0.2) is 11.5 Å². The van der Waals surface area contributed by atoms with Crippen molar-refractivity contribution >= 4 is 17.3 Å². The van der Waals surface area contributed by atoms with Crippen molar-refractivity contribution in [2.45, 2.75) is 0 Å². The summed E-state index contributed by atoms with van der Waals surface area (Å²) in [5, 5.41) is 7.75. The number of anilines is 2. The summed E-state index contributed by atoms with van der Waals surface area (Å²) >= 11 is 0. The molecular formula is C17H12FN5. The molecule has 0 saturated carbocycles. The number of rotatable bonds is 3. The zero-order chi connectivity index (χ0) is 15.6. The van der Waals surface area contributed by atoms with Gasteiger partial charge in [0.2, 0.25) is 0 Å². The fourth-order valence-electron chi connectivity index (χ4n) is 2.30. The van der Waals surface area contributed by atoms with Crippen LogP contribution in [-0.4, -0.2) is 19.6 Å². The molecule has 5 nitrogen and oxygen atoms in total. The van der Waals surface area contributed by atoms with Gasteiger partial charge in [-0.15, -0.1) is 0 Å². The van der Waals surface area contributed by atoms with Gasteiger partial charge < -0.3 is 5.32 Å². The van der Waals surface area contributed by atoms with E-state index in [1.807, 2.05) is 30.3 Å². The van der Waals surface area contributed by atoms with Crippen LogP contribution in [0.5, 0.6) is 0 Å². The number of nitrogens with zero attached hydrogens (tertiary/aromatic N) is 4. The molecule has 0 aliphatic rings. The van der Waals surface area contributed by atoms with E-state index in [4.69, 9.17) is 0 Å². The van der Waals surface area contributed by atoms with Crippen molar-refractivity contribution < 1.29 is 4.39 Å². The number of benzene rings is 1. The van der Waals surface area contributed by atoms with Gasteiger partial charge in [0.1, 0.15) is 11.6 Å². The third-order valence-corrected chi connectivity index (χ3v) is 3.42. The van der Waals surface area contributed by atoms with E-state index < -0.39 is 0 Å². The van der Waals surface area contributed by atoms with Crippen LogP contribution in [0.4, 0.5) is 16.0 Å². The van der Waals surface area contributed by atoms with Gasteiger partial charge in [0.05, 0.1) is 11.9 Å². The van der Waals surface area contributed by atoms with Crippen molar-refractivity contribution in [2.75, 3.05) is 5.32 Å². The molecule has 1 N–H and O–H groups in total. The molecular weight excluding hydrogens is 293 g/mol. The maximum absolute atomic E-state index is 13.1. The summed E-state index contributed by atoms with van der Waals surface area (Å²) in [7, 11) is 0. The lowest BCUT2D eigenvalue weighted by Crippen LogP contribution is -2.01. The largest absolute Gasteiger partial charge is 0.324 e. The van der Waals surface area contributed by atoms with Crippen molar-refractivity contribution in [1.82, 2.24) is 19.6 Å². The molecule has 0 aliphatic heterocycles. The van der Waals surface area contributed by atoms with Crippen LogP contribution in [0, 0.1) is 5.82 Å². The first-order valence-electron chi connectivity index (χ1n) is 7.08. The van der Waals surface area contributed by atoms with Gasteiger partial charge in [0.25, 0.3) is 0 Å². The average Bonchev–Trinajstić information content (AvgIpc) is 2.99. The zero-order valence-corrected chi connectivity index (χ0v) is 12.0. The Morgan fingerprint density at radius 2 is 1.78 bits per heavy atom. The van der Waals surface area contributed by atoms with E-state index >= 15 is 0 Å². The van der Waals surface area contributed by atoms with Crippen LogP contribution in [0.15, 0.2) is 67.0 Å². The fourth-order valence-corrected chi connectivity index (χ4v) is 2.30. The summed E-state index contributed by atoms with van der Waals surface area (Å²) in [6, 6.07) is 15.6. The first-order valence-corrected chi connectivity index (χ1v) is 7.08. The lowest BCUT2D eigenvalue weighted by molar-refractivity contribution is 0.628. The second-order valence-electron chi connectivity index (χ2n) is 4.98. The minimum atomic E-state index is -0.269. The number of hydrogen-bond acceptors (Lipinski definition) is 4. The maximum atomic E-state index is 13.1. The number of imidazole rings is 1. The third-order valence-electron chi connectivity index (χ3n) is 3.42. The van der Waals surface area contributed by atoms with Crippen molar-refractivity contribution in [1.29, 1.82) is 0 Å². The molecule has 3 heterocycles. The number of fused-ring (bicyclic) bond motifs is 1. The first kappa shape index (κ1) is 13.4. The minimum Gasteiger partial charge on any atom is -0.324 e. The molecule has 1 aromatic carbocycles. The fraction of sp³-hybridized carbons (Fsp3) is 0. The molecule has 0 aliphatic carbocycles. The Morgan fingerprint density at radius 3 is 2.57 bits per heavy atom. The Hall–Kier alpha value is -3.28. The highest BCUT2D eigenvalue weighted by Crippen LogP contribution is 2.20. The molecule has 6 heteroatoms. The SMILES string of the molecule is Fc1ccc(-c2ccc3ncc(Nc4ccccn4)n3n2)cc1. The smallest absolute Gasteiger partial charge is 0.155 e. The van der Waals surface area contributed by atoms with Crippen molar-refractivity contribution in [3.8, 4) is 11.3 Å². The molecule has 23 heavy (non-hydrogen) atoms. The Kier molecular flexibility index (Phi) is 3.20. The number of hydrogen-bond donors (Lipinski definition) is 1. The standard InChI is InChI=1S/C17H12FN5/c18-13-6-4-12(5-7-13)14-8-9-16-20-11-17(23(16)22-14)21-15-3-1-2-10-19-15/h1-11H,(H,19,21). The molecule has 0 spiro atoms. The lowest BCUT2D eigenvalue weighted by Gasteiger charge is -2.06. The van der Waals surface area contributed by atoms with Crippen LogP contribution in [-0.2, 0) is 0 Å². The molecule has 0 bridgehead atoms. The molecule has 0 radical (unpaired) electrons. The van der Waals surface area contributed by atoms with Gasteiger partial charge >= 0.3 is 0 Å². The number of pyridine rings is 1. The van der Waals surface area contributed by atoms with Gasteiger partial charge in [-0.2, -0.15) is 9.61 Å². The predicted molar refractivity (Wildman–Crippen MR) is 85.9 cm³/mol. The van der Waals surface area contributed by atoms with Crippen LogP contribution >= 0.6 is 0 Å². The minimum absolute atomic E-state index is 0.269. The monoisotopic (exact) mass is 305 g/mol. The van der Waals surface area contributed by atoms with E-state index in [-0.39, 0.29) is 5.82 Å². The Labute approximate surface area is 131 Å². The van der Waals surface area contributed by atoms with Crippen molar-refractivity contribution in [2.24, 2.45) is 0 Å². The van der Waals surface area contributed by atoms with Crippen molar-refractivity contribution in [3.05, 3.63) is 72.8 Å². The van der Waals surface area contributed by atoms with E-state index in [1.165, 1.54) is 12.1 Å². The molecule has 4 rings (SSSR count). The molecule has 0 unspecified atom stereocenters. The summed E-state index contributed by atoms with van der Waals surface area (Å²) in [5.74, 6) is 1.15. The van der Waals surface area contributed by atoms with Gasteiger partial charge in [0, 0.05) is 11.8 Å². The number of nitrogens with one attached hydrogen (secondary N) is 1. The van der Waals surface area contributed by atoms with Gasteiger partial charge in [-0.3, -0.25) is 0 Å². The quantitative estimate of drug-likeness (QED) is 0.627. The van der Waals surface area contributed by atoms with E-state index in [0.717, 1.165) is 11.3 Å². The zero-order valence-electron chi connectivity index (χ0n) is 12.0. The van der Waals surface area contributed by atoms with Gasteiger partial charge in [-0.05, 0) is 48.5 Å². The number of aromatic nitrogens is 4. The highest BCUT2D eigenvalue weighted by Gasteiger charge is 2.07. The van der Waals surface area contributed by atoms with Gasteiger partial charge in [-0.1, -0.05) is 6.07 Å². The molecule has 3 aromatic heterocycles. The maximum Gasteiger partial charge on any atom is 0.155 e. The van der Waals surface area contributed by atoms with Crippen LogP contribution in [0.2, 0.25) is 0 Å². The molecule has 4 aromatic rings. The summed E-state index contributed by atoms with van der Waals surface area (Å²) in [4.78, 5) is 8.54. The molecule has 0 amide bonds. The van der Waals surface area contributed by atoms with Crippen LogP contribution < -0.4 is 5.32 Å². The van der Waals surface area contributed by atoms with Gasteiger partial charge in [-0.25, -0.2) is 14.4 Å².